The van der Waals surface area contributed by atoms with Crippen LogP contribution in [-0.4, -0.2) is 19.0 Å². The van der Waals surface area contributed by atoms with Gasteiger partial charge in [0.15, 0.2) is 0 Å². The summed E-state index contributed by atoms with van der Waals surface area (Å²) in [5, 5.41) is 0. The second kappa shape index (κ2) is 4.71. The Morgan fingerprint density at radius 1 is 1.59 bits per heavy atom. The average molecular weight is 238 g/mol. The third-order valence-electron chi connectivity index (χ3n) is 2.72. The summed E-state index contributed by atoms with van der Waals surface area (Å²) in [6, 6.07) is 1.30. The van der Waals surface area contributed by atoms with Gasteiger partial charge < -0.3 is 13.9 Å². The lowest BCUT2D eigenvalue weighted by Gasteiger charge is -2.24. The minimum atomic E-state index is -0.441. The van der Waals surface area contributed by atoms with E-state index in [0.717, 1.165) is 5.56 Å². The standard InChI is InChI=1S/C12H14O5/c1-7(13)3-8-4-11-9(6-16-8)10(15-2)5-12(14)17-11/h5,8H,3-4,6H2,1-2H3/t8-/m0/s1. The molecule has 0 amide bonds. The largest absolute Gasteiger partial charge is 0.496 e. The Morgan fingerprint density at radius 3 is 3.00 bits per heavy atom. The Kier molecular flexibility index (Phi) is 3.28. The molecule has 0 radical (unpaired) electrons. The van der Waals surface area contributed by atoms with E-state index in [1.54, 1.807) is 0 Å². The normalized spacial score (nSPS) is 18.6. The van der Waals surface area contributed by atoms with Crippen molar-refractivity contribution in [3.8, 4) is 5.75 Å². The molecule has 1 atom stereocenters. The van der Waals surface area contributed by atoms with Crippen molar-refractivity contribution in [2.45, 2.75) is 32.5 Å². The summed E-state index contributed by atoms with van der Waals surface area (Å²) in [6.07, 6.45) is 0.553. The van der Waals surface area contributed by atoms with Gasteiger partial charge in [-0.25, -0.2) is 4.79 Å². The Bertz CT molecular complexity index is 488. The molecule has 0 aromatic carbocycles. The topological polar surface area (TPSA) is 65.7 Å². The fraction of sp³-hybridized carbons (Fsp3) is 0.500. The highest BCUT2D eigenvalue weighted by molar-refractivity contribution is 5.76. The zero-order chi connectivity index (χ0) is 12.4. The molecule has 0 fully saturated rings. The van der Waals surface area contributed by atoms with Crippen molar-refractivity contribution in [1.82, 2.24) is 0 Å². The summed E-state index contributed by atoms with van der Waals surface area (Å²) in [4.78, 5) is 22.3. The van der Waals surface area contributed by atoms with Crippen molar-refractivity contribution >= 4 is 5.78 Å². The molecule has 0 spiro atoms. The SMILES string of the molecule is COc1cc(=O)oc2c1CO[C@@H](CC(C)=O)C2. The molecule has 1 aromatic rings. The third kappa shape index (κ3) is 2.55. The number of methoxy groups -OCH3 is 1. The van der Waals surface area contributed by atoms with Crippen LogP contribution in [0.15, 0.2) is 15.3 Å². The number of hydrogen-bond donors (Lipinski definition) is 0. The van der Waals surface area contributed by atoms with Crippen LogP contribution in [-0.2, 0) is 22.6 Å². The molecule has 2 rings (SSSR count). The van der Waals surface area contributed by atoms with Crippen LogP contribution in [0.4, 0.5) is 0 Å². The first kappa shape index (κ1) is 11.9. The summed E-state index contributed by atoms with van der Waals surface area (Å²) in [7, 11) is 1.50. The molecule has 92 valence electrons. The summed E-state index contributed by atoms with van der Waals surface area (Å²) < 4.78 is 15.8. The van der Waals surface area contributed by atoms with Gasteiger partial charge in [-0.3, -0.25) is 4.79 Å². The maximum Gasteiger partial charge on any atom is 0.339 e. The first-order valence-electron chi connectivity index (χ1n) is 5.41. The quantitative estimate of drug-likeness (QED) is 0.788. The molecule has 0 saturated heterocycles. The Labute approximate surface area is 98.3 Å². The predicted molar refractivity (Wildman–Crippen MR) is 59.1 cm³/mol. The minimum Gasteiger partial charge on any atom is -0.496 e. The minimum absolute atomic E-state index is 0.0590. The molecule has 17 heavy (non-hydrogen) atoms. The second-order valence-electron chi connectivity index (χ2n) is 4.08. The van der Waals surface area contributed by atoms with Crippen LogP contribution in [0.3, 0.4) is 0 Å². The Morgan fingerprint density at radius 2 is 2.35 bits per heavy atom. The maximum absolute atomic E-state index is 11.3. The first-order valence-corrected chi connectivity index (χ1v) is 5.41. The van der Waals surface area contributed by atoms with Gasteiger partial charge in [0.1, 0.15) is 17.3 Å². The van der Waals surface area contributed by atoms with Crippen LogP contribution in [0.2, 0.25) is 0 Å². The molecule has 5 nitrogen and oxygen atoms in total. The molecule has 0 aliphatic carbocycles. The molecule has 5 heteroatoms. The van der Waals surface area contributed by atoms with Crippen molar-refractivity contribution in [2.24, 2.45) is 0 Å². The summed E-state index contributed by atoms with van der Waals surface area (Å²) in [6.45, 7) is 1.82. The lowest BCUT2D eigenvalue weighted by atomic mass is 10.0. The first-order chi connectivity index (χ1) is 8.10. The van der Waals surface area contributed by atoms with Crippen LogP contribution in [0.1, 0.15) is 24.7 Å². The fourth-order valence-electron chi connectivity index (χ4n) is 1.96. The van der Waals surface area contributed by atoms with Crippen LogP contribution in [0.25, 0.3) is 0 Å². The number of carbonyl (C=O) groups is 1. The molecule has 1 aliphatic rings. The van der Waals surface area contributed by atoms with Gasteiger partial charge in [0.05, 0.1) is 31.5 Å². The molecule has 0 N–H and O–H groups in total. The number of rotatable bonds is 3. The molecular formula is C12H14O5. The van der Waals surface area contributed by atoms with Crippen LogP contribution in [0, 0.1) is 0 Å². The summed E-state index contributed by atoms with van der Waals surface area (Å²) >= 11 is 0. The molecule has 1 aliphatic heterocycles. The monoisotopic (exact) mass is 238 g/mol. The summed E-state index contributed by atoms with van der Waals surface area (Å²) in [5.74, 6) is 1.10. The van der Waals surface area contributed by atoms with Crippen molar-refractivity contribution in [3.05, 3.63) is 27.8 Å². The van der Waals surface area contributed by atoms with Crippen LogP contribution >= 0.6 is 0 Å². The Hall–Kier alpha value is -1.62. The van der Waals surface area contributed by atoms with Gasteiger partial charge in [-0.05, 0) is 6.92 Å². The molecule has 0 saturated carbocycles. The number of ketones is 1. The number of carbonyl (C=O) groups excluding carboxylic acids is 1. The van der Waals surface area contributed by atoms with Crippen molar-refractivity contribution in [2.75, 3.05) is 7.11 Å². The fourth-order valence-corrected chi connectivity index (χ4v) is 1.96. The van der Waals surface area contributed by atoms with E-state index < -0.39 is 5.63 Å². The van der Waals surface area contributed by atoms with E-state index >= 15 is 0 Å². The van der Waals surface area contributed by atoms with Gasteiger partial charge in [0.2, 0.25) is 0 Å². The van der Waals surface area contributed by atoms with Crippen LogP contribution < -0.4 is 10.4 Å². The second-order valence-corrected chi connectivity index (χ2v) is 4.08. The van der Waals surface area contributed by atoms with Crippen LogP contribution in [0.5, 0.6) is 5.75 Å². The zero-order valence-corrected chi connectivity index (χ0v) is 9.82. The van der Waals surface area contributed by atoms with E-state index in [4.69, 9.17) is 13.9 Å². The molecular weight excluding hydrogens is 224 g/mol. The van der Waals surface area contributed by atoms with E-state index in [9.17, 15) is 9.59 Å². The lowest BCUT2D eigenvalue weighted by Crippen LogP contribution is -2.26. The number of Topliss-reactive ketones (excluding diaryl/α,β-unsaturated/α-hetero) is 1. The zero-order valence-electron chi connectivity index (χ0n) is 9.82. The van der Waals surface area contributed by atoms with E-state index in [2.05, 4.69) is 0 Å². The average Bonchev–Trinajstić information content (AvgIpc) is 2.26. The highest BCUT2D eigenvalue weighted by Crippen LogP contribution is 2.28. The van der Waals surface area contributed by atoms with Crippen molar-refractivity contribution < 1.29 is 18.7 Å². The highest BCUT2D eigenvalue weighted by atomic mass is 16.5. The smallest absolute Gasteiger partial charge is 0.339 e. The molecule has 2 heterocycles. The maximum atomic E-state index is 11.3. The lowest BCUT2D eigenvalue weighted by molar-refractivity contribution is -0.120. The molecule has 0 unspecified atom stereocenters. The van der Waals surface area contributed by atoms with Crippen molar-refractivity contribution in [1.29, 1.82) is 0 Å². The van der Waals surface area contributed by atoms with Gasteiger partial charge in [-0.15, -0.1) is 0 Å². The van der Waals surface area contributed by atoms with Gasteiger partial charge in [-0.1, -0.05) is 0 Å². The third-order valence-corrected chi connectivity index (χ3v) is 2.72. The highest BCUT2D eigenvalue weighted by Gasteiger charge is 2.25. The van der Waals surface area contributed by atoms with Gasteiger partial charge in [-0.2, -0.15) is 0 Å². The number of ether oxygens (including phenoxy) is 2. The number of fused-ring (bicyclic) bond motifs is 1. The van der Waals surface area contributed by atoms with E-state index in [1.165, 1.54) is 20.1 Å². The summed E-state index contributed by atoms with van der Waals surface area (Å²) in [5.41, 5.74) is 0.316. The van der Waals surface area contributed by atoms with E-state index in [0.29, 0.717) is 31.0 Å². The Balaban J connectivity index is 2.28. The predicted octanol–water partition coefficient (Wildman–Crippen LogP) is 1.07. The van der Waals surface area contributed by atoms with Crippen molar-refractivity contribution in [3.63, 3.8) is 0 Å². The molecule has 1 aromatic heterocycles. The van der Waals surface area contributed by atoms with E-state index in [-0.39, 0.29) is 11.9 Å². The van der Waals surface area contributed by atoms with Gasteiger partial charge >= 0.3 is 5.63 Å². The number of hydrogen-bond acceptors (Lipinski definition) is 5. The van der Waals surface area contributed by atoms with E-state index in [1.807, 2.05) is 0 Å². The molecule has 0 bridgehead atoms. The van der Waals surface area contributed by atoms with Gasteiger partial charge in [0.25, 0.3) is 0 Å². The van der Waals surface area contributed by atoms with Gasteiger partial charge in [0, 0.05) is 12.8 Å².